The molecule has 0 radical (unpaired) electrons. The van der Waals surface area contributed by atoms with Crippen LogP contribution in [0, 0.1) is 11.8 Å². The molecule has 1 aromatic rings. The minimum absolute atomic E-state index is 0.192. The van der Waals surface area contributed by atoms with Crippen LogP contribution in [0.25, 0.3) is 0 Å². The fraction of sp³-hybridized carbons (Fsp3) is 0.529. The summed E-state index contributed by atoms with van der Waals surface area (Å²) in [5.41, 5.74) is 6.17. The number of rotatable bonds is 3. The molecule has 24 heavy (non-hydrogen) atoms. The molecule has 1 amide bonds. The maximum absolute atomic E-state index is 12.0. The predicted molar refractivity (Wildman–Crippen MR) is 103 cm³/mol. The van der Waals surface area contributed by atoms with Crippen LogP contribution in [0.4, 0.5) is 0 Å². The van der Waals surface area contributed by atoms with Crippen LogP contribution in [0.5, 0.6) is 0 Å². The van der Waals surface area contributed by atoms with Gasteiger partial charge in [-0.25, -0.2) is 0 Å². The zero-order valence-electron chi connectivity index (χ0n) is 13.9. The number of carbonyl (C=O) groups is 1. The van der Waals surface area contributed by atoms with E-state index in [1.165, 1.54) is 12.8 Å². The van der Waals surface area contributed by atoms with E-state index in [9.17, 15) is 4.79 Å². The van der Waals surface area contributed by atoms with Gasteiger partial charge in [0.15, 0.2) is 5.11 Å². The molecule has 0 spiro atoms. The van der Waals surface area contributed by atoms with Gasteiger partial charge in [-0.2, -0.15) is 0 Å². The normalized spacial score (nSPS) is 23.4. The van der Waals surface area contributed by atoms with Crippen molar-refractivity contribution in [3.63, 3.8) is 0 Å². The Morgan fingerprint density at radius 2 is 1.96 bits per heavy atom. The van der Waals surface area contributed by atoms with Crippen LogP contribution in [0.1, 0.15) is 38.7 Å². The van der Waals surface area contributed by atoms with Gasteiger partial charge in [-0.1, -0.05) is 56.0 Å². The largest absolute Gasteiger partial charge is 0.358 e. The lowest BCUT2D eigenvalue weighted by Gasteiger charge is -2.35. The minimum Gasteiger partial charge on any atom is -0.358 e. The van der Waals surface area contributed by atoms with Gasteiger partial charge in [0.05, 0.1) is 16.5 Å². The molecule has 0 aliphatic heterocycles. The Bertz CT molecular complexity index is 611. The lowest BCUT2D eigenvalue weighted by molar-refractivity contribution is -0.121. The third-order valence-corrected chi connectivity index (χ3v) is 5.65. The number of hydrogen-bond acceptors (Lipinski definition) is 2. The zero-order chi connectivity index (χ0) is 17.7. The van der Waals surface area contributed by atoms with Crippen LogP contribution in [-0.2, 0) is 11.2 Å². The molecule has 0 bridgehead atoms. The molecule has 1 aromatic carbocycles. The summed E-state index contributed by atoms with van der Waals surface area (Å²) in [5.74, 6) is 1.05. The number of hydrazine groups is 1. The average molecular weight is 388 g/mol. The van der Waals surface area contributed by atoms with Crippen molar-refractivity contribution < 1.29 is 4.79 Å². The molecule has 0 saturated heterocycles. The van der Waals surface area contributed by atoms with Crippen molar-refractivity contribution in [1.82, 2.24) is 16.2 Å². The standard InChI is InChI=1S/C17H23Cl2N3OS/c1-10-4-3-5-15(11(10)2)20-17(24)22-21-16(23)9-12-6-7-13(18)14(19)8-12/h6-8,10-11,15H,3-5,9H2,1-2H3,(H,21,23)(H2,20,22,24)/t10-,11+,15+/m0/s1. The molecule has 1 saturated carbocycles. The average Bonchev–Trinajstić information content (AvgIpc) is 2.53. The van der Waals surface area contributed by atoms with Crippen molar-refractivity contribution in [2.45, 2.75) is 45.6 Å². The van der Waals surface area contributed by atoms with Crippen molar-refractivity contribution in [3.8, 4) is 0 Å². The molecular weight excluding hydrogens is 365 g/mol. The molecular formula is C17H23Cl2N3OS. The Kier molecular flexibility index (Phi) is 7.14. The third kappa shape index (κ3) is 5.50. The highest BCUT2D eigenvalue weighted by Gasteiger charge is 2.27. The summed E-state index contributed by atoms with van der Waals surface area (Å²) in [5, 5.41) is 4.66. The van der Waals surface area contributed by atoms with Crippen LogP contribution in [-0.4, -0.2) is 17.1 Å². The zero-order valence-corrected chi connectivity index (χ0v) is 16.2. The first-order valence-electron chi connectivity index (χ1n) is 8.16. The summed E-state index contributed by atoms with van der Waals surface area (Å²) < 4.78 is 0. The minimum atomic E-state index is -0.192. The van der Waals surface area contributed by atoms with E-state index in [2.05, 4.69) is 30.0 Å². The Morgan fingerprint density at radius 1 is 1.21 bits per heavy atom. The first kappa shape index (κ1) is 19.3. The van der Waals surface area contributed by atoms with E-state index in [0.29, 0.717) is 33.0 Å². The Labute approximate surface area is 158 Å². The predicted octanol–water partition coefficient (Wildman–Crippen LogP) is 3.86. The molecule has 3 N–H and O–H groups in total. The highest BCUT2D eigenvalue weighted by atomic mass is 35.5. The monoisotopic (exact) mass is 387 g/mol. The maximum atomic E-state index is 12.0. The van der Waals surface area contributed by atoms with Crippen LogP contribution < -0.4 is 16.2 Å². The summed E-state index contributed by atoms with van der Waals surface area (Å²) in [4.78, 5) is 12.0. The number of amides is 1. The molecule has 7 heteroatoms. The van der Waals surface area contributed by atoms with Crippen LogP contribution in [0.3, 0.4) is 0 Å². The van der Waals surface area contributed by atoms with Crippen LogP contribution in [0.2, 0.25) is 10.0 Å². The number of nitrogens with one attached hydrogen (secondary N) is 3. The van der Waals surface area contributed by atoms with Gasteiger partial charge in [0.2, 0.25) is 5.91 Å². The quantitative estimate of drug-likeness (QED) is 0.544. The van der Waals surface area contributed by atoms with E-state index in [-0.39, 0.29) is 12.3 Å². The molecule has 1 fully saturated rings. The van der Waals surface area contributed by atoms with E-state index < -0.39 is 0 Å². The van der Waals surface area contributed by atoms with Crippen LogP contribution in [0.15, 0.2) is 18.2 Å². The molecule has 0 unspecified atom stereocenters. The fourth-order valence-corrected chi connectivity index (χ4v) is 3.52. The van der Waals surface area contributed by atoms with Crippen molar-refractivity contribution >= 4 is 46.4 Å². The van der Waals surface area contributed by atoms with Crippen molar-refractivity contribution in [2.75, 3.05) is 0 Å². The third-order valence-electron chi connectivity index (χ3n) is 4.69. The first-order chi connectivity index (χ1) is 11.4. The summed E-state index contributed by atoms with van der Waals surface area (Å²) in [6.07, 6.45) is 3.77. The summed E-state index contributed by atoms with van der Waals surface area (Å²) in [6, 6.07) is 5.49. The highest BCUT2D eigenvalue weighted by Crippen LogP contribution is 2.29. The van der Waals surface area contributed by atoms with Gasteiger partial charge in [-0.05, 0) is 48.2 Å². The van der Waals surface area contributed by atoms with Crippen molar-refractivity contribution in [1.29, 1.82) is 0 Å². The van der Waals surface area contributed by atoms with Gasteiger partial charge in [0, 0.05) is 6.04 Å². The van der Waals surface area contributed by atoms with E-state index in [4.69, 9.17) is 35.4 Å². The van der Waals surface area contributed by atoms with Gasteiger partial charge in [0.25, 0.3) is 0 Å². The van der Waals surface area contributed by atoms with Gasteiger partial charge in [-0.15, -0.1) is 0 Å². The number of thiocarbonyl (C=S) groups is 1. The second kappa shape index (κ2) is 8.88. The van der Waals surface area contributed by atoms with E-state index in [1.807, 2.05) is 0 Å². The number of benzene rings is 1. The number of halogens is 2. The topological polar surface area (TPSA) is 53.2 Å². The SMILES string of the molecule is C[C@@H]1[C@@H](C)CCC[C@H]1NC(=S)NNC(=O)Cc1ccc(Cl)c(Cl)c1. The van der Waals surface area contributed by atoms with E-state index in [1.54, 1.807) is 18.2 Å². The molecule has 3 atom stereocenters. The Balaban J connectivity index is 1.76. The first-order valence-corrected chi connectivity index (χ1v) is 9.32. The fourth-order valence-electron chi connectivity index (χ4n) is 3.00. The van der Waals surface area contributed by atoms with Crippen molar-refractivity contribution in [2.24, 2.45) is 11.8 Å². The van der Waals surface area contributed by atoms with Gasteiger partial charge in [-0.3, -0.25) is 15.6 Å². The molecule has 4 nitrogen and oxygen atoms in total. The smallest absolute Gasteiger partial charge is 0.242 e. The van der Waals surface area contributed by atoms with Gasteiger partial charge >= 0.3 is 0 Å². The highest BCUT2D eigenvalue weighted by molar-refractivity contribution is 7.80. The van der Waals surface area contributed by atoms with Gasteiger partial charge < -0.3 is 5.32 Å². The molecule has 2 rings (SSSR count). The summed E-state index contributed by atoms with van der Waals surface area (Å²) in [7, 11) is 0. The lowest BCUT2D eigenvalue weighted by atomic mass is 9.78. The number of hydrogen-bond donors (Lipinski definition) is 3. The number of carbonyl (C=O) groups excluding carboxylic acids is 1. The van der Waals surface area contributed by atoms with E-state index >= 15 is 0 Å². The lowest BCUT2D eigenvalue weighted by Crippen LogP contribution is -2.52. The molecule has 1 aliphatic rings. The Morgan fingerprint density at radius 3 is 2.67 bits per heavy atom. The Hall–Kier alpha value is -1.04. The van der Waals surface area contributed by atoms with Gasteiger partial charge in [0.1, 0.15) is 0 Å². The molecule has 0 heterocycles. The maximum Gasteiger partial charge on any atom is 0.242 e. The van der Waals surface area contributed by atoms with E-state index in [0.717, 1.165) is 12.0 Å². The summed E-state index contributed by atoms with van der Waals surface area (Å²) >= 11 is 17.1. The second-order valence-electron chi connectivity index (χ2n) is 6.45. The van der Waals surface area contributed by atoms with Crippen molar-refractivity contribution in [3.05, 3.63) is 33.8 Å². The molecule has 0 aromatic heterocycles. The van der Waals surface area contributed by atoms with Crippen LogP contribution >= 0.6 is 35.4 Å². The molecule has 1 aliphatic carbocycles. The second-order valence-corrected chi connectivity index (χ2v) is 7.67. The summed E-state index contributed by atoms with van der Waals surface area (Å²) in [6.45, 7) is 4.51. The molecule has 132 valence electrons.